The van der Waals surface area contributed by atoms with Gasteiger partial charge in [-0.15, -0.1) is 0 Å². The number of rotatable bonds is 2. The van der Waals surface area contributed by atoms with Crippen molar-refractivity contribution in [2.75, 3.05) is 31.1 Å². The minimum atomic E-state index is -3.40. The molecule has 0 amide bonds. The molecule has 1 heterocycles. The number of hydrogen-bond donors (Lipinski definition) is 1. The Morgan fingerprint density at radius 3 is 2.86 bits per heavy atom. The molecule has 1 aliphatic heterocycles. The minimum absolute atomic E-state index is 0.297. The highest BCUT2D eigenvalue weighted by Crippen LogP contribution is 2.22. The fraction of sp³-hybridized carbons (Fsp3) is 0.467. The van der Waals surface area contributed by atoms with Crippen LogP contribution in [0.4, 0.5) is 0 Å². The number of sulfonamides is 1. The van der Waals surface area contributed by atoms with Crippen molar-refractivity contribution in [2.24, 2.45) is 5.73 Å². The number of thioether (sulfide) groups is 1. The normalized spacial score (nSPS) is 16.9. The van der Waals surface area contributed by atoms with Crippen molar-refractivity contribution in [1.29, 1.82) is 0 Å². The van der Waals surface area contributed by atoms with Gasteiger partial charge in [0.25, 0.3) is 0 Å². The monoisotopic (exact) mass is 324 g/mol. The Kier molecular flexibility index (Phi) is 5.71. The summed E-state index contributed by atoms with van der Waals surface area (Å²) in [5, 5.41) is 0. The summed E-state index contributed by atoms with van der Waals surface area (Å²) in [6.45, 7) is 3.35. The zero-order valence-corrected chi connectivity index (χ0v) is 13.8. The van der Waals surface area contributed by atoms with Gasteiger partial charge in [-0.2, -0.15) is 16.1 Å². The zero-order chi connectivity index (χ0) is 15.3. The lowest BCUT2D eigenvalue weighted by atomic mass is 10.1. The van der Waals surface area contributed by atoms with Gasteiger partial charge in [0.15, 0.2) is 0 Å². The molecular formula is C15H20N2O2S2. The summed E-state index contributed by atoms with van der Waals surface area (Å²) in [6.07, 6.45) is 0.906. The molecule has 1 aromatic rings. The van der Waals surface area contributed by atoms with Crippen molar-refractivity contribution < 1.29 is 8.42 Å². The molecule has 1 fully saturated rings. The van der Waals surface area contributed by atoms with Gasteiger partial charge >= 0.3 is 0 Å². The topological polar surface area (TPSA) is 63.4 Å². The first kappa shape index (κ1) is 16.4. The SMILES string of the molecule is Cc1cc(S(=O)(=O)N2CCCSCC2)ccc1C#CCN. The largest absolute Gasteiger partial charge is 0.320 e. The molecule has 0 radical (unpaired) electrons. The van der Waals surface area contributed by atoms with Crippen LogP contribution in [-0.4, -0.2) is 43.9 Å². The van der Waals surface area contributed by atoms with Gasteiger partial charge in [-0.1, -0.05) is 11.8 Å². The second-order valence-electron chi connectivity index (χ2n) is 4.85. The highest BCUT2D eigenvalue weighted by atomic mass is 32.2. The third-order valence-electron chi connectivity index (χ3n) is 3.34. The average Bonchev–Trinajstić information content (AvgIpc) is 2.75. The molecule has 0 aromatic heterocycles. The third-order valence-corrected chi connectivity index (χ3v) is 6.29. The molecule has 0 bridgehead atoms. The minimum Gasteiger partial charge on any atom is -0.320 e. The van der Waals surface area contributed by atoms with E-state index in [1.165, 1.54) is 0 Å². The number of nitrogens with zero attached hydrogens (tertiary/aromatic N) is 1. The Bertz CT molecular complexity index is 652. The first-order chi connectivity index (χ1) is 10.1. The van der Waals surface area contributed by atoms with Crippen molar-refractivity contribution in [3.05, 3.63) is 29.3 Å². The third kappa shape index (κ3) is 4.01. The smallest absolute Gasteiger partial charge is 0.243 e. The molecule has 0 spiro atoms. The van der Waals surface area contributed by atoms with E-state index < -0.39 is 10.0 Å². The van der Waals surface area contributed by atoms with Gasteiger partial charge in [-0.3, -0.25) is 0 Å². The molecule has 114 valence electrons. The van der Waals surface area contributed by atoms with Crippen LogP contribution < -0.4 is 5.73 Å². The lowest BCUT2D eigenvalue weighted by Gasteiger charge is -2.20. The van der Waals surface area contributed by atoms with E-state index in [9.17, 15) is 8.42 Å². The average molecular weight is 324 g/mol. The maximum Gasteiger partial charge on any atom is 0.243 e. The molecule has 0 aliphatic carbocycles. The van der Waals surface area contributed by atoms with E-state index in [0.717, 1.165) is 29.1 Å². The predicted octanol–water partition coefficient (Wildman–Crippen LogP) is 1.43. The molecule has 21 heavy (non-hydrogen) atoms. The summed E-state index contributed by atoms with van der Waals surface area (Å²) in [4.78, 5) is 0.352. The first-order valence-electron chi connectivity index (χ1n) is 6.93. The van der Waals surface area contributed by atoms with Crippen LogP contribution in [0.2, 0.25) is 0 Å². The summed E-state index contributed by atoms with van der Waals surface area (Å²) < 4.78 is 26.9. The predicted molar refractivity (Wildman–Crippen MR) is 87.8 cm³/mol. The van der Waals surface area contributed by atoms with Crippen LogP contribution >= 0.6 is 11.8 Å². The molecule has 1 aromatic carbocycles. The molecule has 1 aliphatic rings. The van der Waals surface area contributed by atoms with Crippen molar-refractivity contribution in [3.8, 4) is 11.8 Å². The van der Waals surface area contributed by atoms with E-state index in [4.69, 9.17) is 5.73 Å². The Morgan fingerprint density at radius 1 is 1.33 bits per heavy atom. The second-order valence-corrected chi connectivity index (χ2v) is 8.02. The highest BCUT2D eigenvalue weighted by molar-refractivity contribution is 7.99. The maximum absolute atomic E-state index is 12.7. The van der Waals surface area contributed by atoms with Crippen LogP contribution in [0.1, 0.15) is 17.5 Å². The van der Waals surface area contributed by atoms with Gasteiger partial charge in [0.05, 0.1) is 11.4 Å². The fourth-order valence-corrected chi connectivity index (χ4v) is 4.76. The highest BCUT2D eigenvalue weighted by Gasteiger charge is 2.25. The zero-order valence-electron chi connectivity index (χ0n) is 12.1. The van der Waals surface area contributed by atoms with Crippen molar-refractivity contribution >= 4 is 21.8 Å². The van der Waals surface area contributed by atoms with Gasteiger partial charge in [0, 0.05) is 24.4 Å². The van der Waals surface area contributed by atoms with Crippen molar-refractivity contribution in [3.63, 3.8) is 0 Å². The number of nitrogens with two attached hydrogens (primary N) is 1. The van der Waals surface area contributed by atoms with Gasteiger partial charge in [0.2, 0.25) is 10.0 Å². The van der Waals surface area contributed by atoms with Crippen LogP contribution in [0.25, 0.3) is 0 Å². The lowest BCUT2D eigenvalue weighted by molar-refractivity contribution is 0.435. The number of aryl methyl sites for hydroxylation is 1. The van der Waals surface area contributed by atoms with Crippen LogP contribution in [0.3, 0.4) is 0 Å². The molecule has 4 nitrogen and oxygen atoms in total. The van der Waals surface area contributed by atoms with Crippen LogP contribution in [0.15, 0.2) is 23.1 Å². The summed E-state index contributed by atoms with van der Waals surface area (Å²) >= 11 is 1.81. The molecule has 0 atom stereocenters. The maximum atomic E-state index is 12.7. The second kappa shape index (κ2) is 7.32. The van der Waals surface area contributed by atoms with E-state index in [-0.39, 0.29) is 0 Å². The van der Waals surface area contributed by atoms with Crippen LogP contribution in [-0.2, 0) is 10.0 Å². The molecular weight excluding hydrogens is 304 g/mol. The fourth-order valence-electron chi connectivity index (χ4n) is 2.20. The van der Waals surface area contributed by atoms with Gasteiger partial charge in [-0.05, 0) is 42.9 Å². The summed E-state index contributed by atoms with van der Waals surface area (Å²) in [5.74, 6) is 7.63. The number of benzene rings is 1. The molecule has 2 N–H and O–H groups in total. The standard InChI is InChI=1S/C15H20N2O2S2/c1-13-12-15(6-5-14(13)4-2-7-16)21(18,19)17-8-3-10-20-11-9-17/h5-6,12H,3,7-11,16H2,1H3. The number of hydrogen-bond acceptors (Lipinski definition) is 4. The first-order valence-corrected chi connectivity index (χ1v) is 9.52. The molecule has 1 saturated heterocycles. The molecule has 2 rings (SSSR count). The lowest BCUT2D eigenvalue weighted by Crippen LogP contribution is -2.33. The van der Waals surface area contributed by atoms with Gasteiger partial charge in [-0.25, -0.2) is 8.42 Å². The summed E-state index contributed by atoms with van der Waals surface area (Å²) in [6, 6.07) is 5.10. The molecule has 0 unspecified atom stereocenters. The van der Waals surface area contributed by atoms with E-state index in [1.54, 1.807) is 22.5 Å². The Labute approximate surface area is 131 Å². The summed E-state index contributed by atoms with van der Waals surface area (Å²) in [5.41, 5.74) is 7.05. The molecule has 6 heteroatoms. The van der Waals surface area contributed by atoms with Crippen molar-refractivity contribution in [1.82, 2.24) is 4.31 Å². The van der Waals surface area contributed by atoms with Crippen LogP contribution in [0, 0.1) is 18.8 Å². The van der Waals surface area contributed by atoms with E-state index in [1.807, 2.05) is 18.7 Å². The Balaban J connectivity index is 2.29. The van der Waals surface area contributed by atoms with E-state index >= 15 is 0 Å². The molecule has 0 saturated carbocycles. The van der Waals surface area contributed by atoms with Crippen molar-refractivity contribution in [2.45, 2.75) is 18.2 Å². The van der Waals surface area contributed by atoms with E-state index in [0.29, 0.717) is 24.5 Å². The summed E-state index contributed by atoms with van der Waals surface area (Å²) in [7, 11) is -3.40. The quantitative estimate of drug-likeness (QED) is 0.836. The van der Waals surface area contributed by atoms with Gasteiger partial charge in [0.1, 0.15) is 0 Å². The van der Waals surface area contributed by atoms with E-state index in [2.05, 4.69) is 11.8 Å². The van der Waals surface area contributed by atoms with Crippen LogP contribution in [0.5, 0.6) is 0 Å². The Morgan fingerprint density at radius 2 is 2.14 bits per heavy atom. The van der Waals surface area contributed by atoms with Gasteiger partial charge < -0.3 is 5.73 Å². The Hall–Kier alpha value is -1.00.